The molecule has 216 valence electrons. The molecule has 3 unspecified atom stereocenters. The van der Waals surface area contributed by atoms with Crippen LogP contribution in [-0.4, -0.2) is 34.2 Å². The standard InChI is InChI=1S/C18H36O2.2C6H12O2/c1-9-11-12-18(10-2,13-14(3)4)17(7,8)16(19)20-15(5)6;1-4(2)5(3)6(7)8;1-3-4-5(2)6(7)8/h14-15H,9-13H2,1-8H3;4-5H,1-3H3,(H,7,8);5H,3-4H2,1-2H3,(H,7,8). The van der Waals surface area contributed by atoms with Crippen LogP contribution in [0.15, 0.2) is 0 Å². The van der Waals surface area contributed by atoms with Crippen molar-refractivity contribution in [2.75, 3.05) is 0 Å². The van der Waals surface area contributed by atoms with Gasteiger partial charge in [-0.1, -0.05) is 81.6 Å². The van der Waals surface area contributed by atoms with Gasteiger partial charge in [0.2, 0.25) is 0 Å². The lowest BCUT2D eigenvalue weighted by Crippen LogP contribution is -2.46. The first kappa shape index (κ1) is 38.9. The van der Waals surface area contributed by atoms with Crippen LogP contribution < -0.4 is 0 Å². The van der Waals surface area contributed by atoms with Crippen LogP contribution in [-0.2, 0) is 19.1 Å². The first-order valence-electron chi connectivity index (χ1n) is 14.0. The third kappa shape index (κ3) is 15.5. The summed E-state index contributed by atoms with van der Waals surface area (Å²) >= 11 is 0. The second-order valence-corrected chi connectivity index (χ2v) is 11.8. The van der Waals surface area contributed by atoms with Crippen molar-refractivity contribution in [1.29, 1.82) is 0 Å². The van der Waals surface area contributed by atoms with E-state index in [2.05, 4.69) is 41.5 Å². The van der Waals surface area contributed by atoms with Crippen molar-refractivity contribution in [1.82, 2.24) is 0 Å². The SMILES string of the molecule is CC(C)C(C)C(=O)O.CCCC(C)C(=O)O.CCCCC(CC)(CC(C)C)C(C)(C)C(=O)OC(C)C. The highest BCUT2D eigenvalue weighted by molar-refractivity contribution is 5.77. The van der Waals surface area contributed by atoms with E-state index in [1.165, 1.54) is 12.8 Å². The molecule has 0 aliphatic heterocycles. The normalized spacial score (nSPS) is 14.7. The molecule has 36 heavy (non-hydrogen) atoms. The van der Waals surface area contributed by atoms with Crippen molar-refractivity contribution in [3.05, 3.63) is 0 Å². The Balaban J connectivity index is -0.000000557. The Morgan fingerprint density at radius 1 is 0.806 bits per heavy atom. The highest BCUT2D eigenvalue weighted by Gasteiger charge is 2.49. The van der Waals surface area contributed by atoms with Gasteiger partial charge < -0.3 is 14.9 Å². The van der Waals surface area contributed by atoms with Gasteiger partial charge in [-0.15, -0.1) is 0 Å². The second kappa shape index (κ2) is 19.5. The fraction of sp³-hybridized carbons (Fsp3) is 0.900. The number of hydrogen-bond donors (Lipinski definition) is 2. The van der Waals surface area contributed by atoms with Crippen LogP contribution in [0.25, 0.3) is 0 Å². The van der Waals surface area contributed by atoms with E-state index < -0.39 is 17.4 Å². The molecule has 0 amide bonds. The number of carboxylic acids is 2. The number of carbonyl (C=O) groups is 3. The number of unbranched alkanes of at least 4 members (excludes halogenated alkanes) is 1. The van der Waals surface area contributed by atoms with E-state index in [1.807, 2.05) is 34.6 Å². The van der Waals surface area contributed by atoms with Crippen molar-refractivity contribution >= 4 is 17.9 Å². The maximum Gasteiger partial charge on any atom is 0.312 e. The molecule has 0 aromatic rings. The minimum absolute atomic E-state index is 0.0360. The largest absolute Gasteiger partial charge is 0.481 e. The van der Waals surface area contributed by atoms with Crippen LogP contribution in [0.2, 0.25) is 0 Å². The second-order valence-electron chi connectivity index (χ2n) is 11.8. The first-order chi connectivity index (χ1) is 16.4. The molecule has 0 aliphatic carbocycles. The number of carboxylic acid groups (broad SMARTS) is 2. The number of rotatable bonds is 14. The molecule has 2 N–H and O–H groups in total. The quantitative estimate of drug-likeness (QED) is 0.225. The lowest BCUT2D eigenvalue weighted by atomic mass is 9.58. The van der Waals surface area contributed by atoms with Crippen molar-refractivity contribution in [2.24, 2.45) is 34.5 Å². The van der Waals surface area contributed by atoms with Gasteiger partial charge in [0.15, 0.2) is 0 Å². The molecule has 6 nitrogen and oxygen atoms in total. The van der Waals surface area contributed by atoms with E-state index in [0.717, 1.165) is 32.1 Å². The topological polar surface area (TPSA) is 101 Å². The first-order valence-corrected chi connectivity index (χ1v) is 14.0. The fourth-order valence-corrected chi connectivity index (χ4v) is 4.15. The van der Waals surface area contributed by atoms with Gasteiger partial charge in [0, 0.05) is 0 Å². The zero-order valence-electron chi connectivity index (χ0n) is 25.9. The summed E-state index contributed by atoms with van der Waals surface area (Å²) < 4.78 is 5.55. The highest BCUT2D eigenvalue weighted by atomic mass is 16.5. The molecule has 0 aromatic heterocycles. The molecule has 0 fully saturated rings. The van der Waals surface area contributed by atoms with Gasteiger partial charge in [0.05, 0.1) is 23.4 Å². The van der Waals surface area contributed by atoms with Gasteiger partial charge in [-0.05, 0) is 70.6 Å². The van der Waals surface area contributed by atoms with Crippen molar-refractivity contribution < 1.29 is 29.3 Å². The minimum atomic E-state index is -0.708. The summed E-state index contributed by atoms with van der Waals surface area (Å²) in [6, 6.07) is 0. The van der Waals surface area contributed by atoms with Crippen molar-refractivity contribution in [2.45, 2.75) is 141 Å². The van der Waals surface area contributed by atoms with Crippen LogP contribution in [0.1, 0.15) is 135 Å². The Bertz CT molecular complexity index is 609. The molecule has 6 heteroatoms. The average molecular weight is 517 g/mol. The molecule has 0 aliphatic rings. The number of ether oxygens (including phenoxy) is 1. The smallest absolute Gasteiger partial charge is 0.312 e. The summed E-state index contributed by atoms with van der Waals surface area (Å²) in [5, 5.41) is 16.7. The Kier molecular flexibility index (Phi) is 21.1. The molecule has 0 heterocycles. The van der Waals surface area contributed by atoms with Gasteiger partial charge in [0.25, 0.3) is 0 Å². The fourth-order valence-electron chi connectivity index (χ4n) is 4.15. The monoisotopic (exact) mass is 516 g/mol. The Hall–Kier alpha value is -1.59. The average Bonchev–Trinajstić information content (AvgIpc) is 2.75. The minimum Gasteiger partial charge on any atom is -0.481 e. The number of hydrogen-bond acceptors (Lipinski definition) is 4. The van der Waals surface area contributed by atoms with E-state index in [0.29, 0.717) is 5.92 Å². The predicted octanol–water partition coefficient (Wildman–Crippen LogP) is 8.47. The van der Waals surface area contributed by atoms with E-state index in [1.54, 1.807) is 13.8 Å². The highest BCUT2D eigenvalue weighted by Crippen LogP contribution is 2.51. The van der Waals surface area contributed by atoms with Crippen LogP contribution in [0.3, 0.4) is 0 Å². The van der Waals surface area contributed by atoms with Crippen LogP contribution in [0.4, 0.5) is 0 Å². The third-order valence-electron chi connectivity index (χ3n) is 7.20. The predicted molar refractivity (Wildman–Crippen MR) is 150 cm³/mol. The summed E-state index contributed by atoms with van der Waals surface area (Å²) in [7, 11) is 0. The van der Waals surface area contributed by atoms with E-state index >= 15 is 0 Å². The summed E-state index contributed by atoms with van der Waals surface area (Å²) in [6.07, 6.45) is 7.28. The van der Waals surface area contributed by atoms with Gasteiger partial charge in [0.1, 0.15) is 0 Å². The molecule has 0 saturated carbocycles. The lowest BCUT2D eigenvalue weighted by Gasteiger charge is -2.46. The lowest BCUT2D eigenvalue weighted by molar-refractivity contribution is -0.168. The number of carbonyl (C=O) groups excluding carboxylic acids is 1. The molecular formula is C30H60O6. The van der Waals surface area contributed by atoms with Gasteiger partial charge in [-0.2, -0.15) is 0 Å². The summed E-state index contributed by atoms with van der Waals surface area (Å²) in [5.41, 5.74) is -0.380. The Morgan fingerprint density at radius 3 is 1.53 bits per heavy atom. The van der Waals surface area contributed by atoms with E-state index in [4.69, 9.17) is 14.9 Å². The maximum atomic E-state index is 12.6. The Morgan fingerprint density at radius 2 is 1.31 bits per heavy atom. The number of esters is 1. The van der Waals surface area contributed by atoms with Gasteiger partial charge in [-0.3, -0.25) is 14.4 Å². The van der Waals surface area contributed by atoms with Crippen molar-refractivity contribution in [3.8, 4) is 0 Å². The molecular weight excluding hydrogens is 456 g/mol. The van der Waals surface area contributed by atoms with Crippen LogP contribution in [0, 0.1) is 34.5 Å². The van der Waals surface area contributed by atoms with Crippen LogP contribution >= 0.6 is 0 Å². The summed E-state index contributed by atoms with van der Waals surface area (Å²) in [5.74, 6) is -0.974. The van der Waals surface area contributed by atoms with Crippen molar-refractivity contribution in [3.63, 3.8) is 0 Å². The van der Waals surface area contributed by atoms with Crippen LogP contribution in [0.5, 0.6) is 0 Å². The number of aliphatic carboxylic acids is 2. The molecule has 0 radical (unpaired) electrons. The summed E-state index contributed by atoms with van der Waals surface area (Å²) in [6.45, 7) is 26.2. The van der Waals surface area contributed by atoms with Gasteiger partial charge >= 0.3 is 17.9 Å². The maximum absolute atomic E-state index is 12.6. The summed E-state index contributed by atoms with van der Waals surface area (Å²) in [4.78, 5) is 32.8. The Labute approximate surface area is 223 Å². The molecule has 0 bridgehead atoms. The molecule has 0 saturated heterocycles. The molecule has 0 aromatic carbocycles. The molecule has 3 atom stereocenters. The van der Waals surface area contributed by atoms with Gasteiger partial charge in [-0.25, -0.2) is 0 Å². The zero-order chi connectivity index (χ0) is 29.3. The van der Waals surface area contributed by atoms with E-state index in [-0.39, 0.29) is 35.2 Å². The van der Waals surface area contributed by atoms with E-state index in [9.17, 15) is 14.4 Å². The third-order valence-corrected chi connectivity index (χ3v) is 7.20. The molecule has 0 spiro atoms. The zero-order valence-corrected chi connectivity index (χ0v) is 25.9. The molecule has 0 rings (SSSR count).